The van der Waals surface area contributed by atoms with Crippen molar-refractivity contribution >= 4 is 37.9 Å². The second-order valence-corrected chi connectivity index (χ2v) is 5.93. The van der Waals surface area contributed by atoms with Crippen LogP contribution in [0.5, 0.6) is 0 Å². The minimum absolute atomic E-state index is 0.0199. The van der Waals surface area contributed by atoms with E-state index in [2.05, 4.69) is 20.9 Å². The number of pyridine rings is 1. The molecule has 0 N–H and O–H groups in total. The monoisotopic (exact) mass is 351 g/mol. The lowest BCUT2D eigenvalue weighted by Gasteiger charge is -2.05. The summed E-state index contributed by atoms with van der Waals surface area (Å²) in [4.78, 5) is 16.7. The standard InChI is InChI=1S/C18H10BrNO2/c19-13-2-4-17-15(10-13)18(21)14-9-12(1-3-16(14)22-17)11-5-7-20-8-6-11/h1-10H. The van der Waals surface area contributed by atoms with Crippen LogP contribution in [-0.2, 0) is 0 Å². The Labute approximate surface area is 134 Å². The van der Waals surface area contributed by atoms with Gasteiger partial charge in [-0.3, -0.25) is 9.78 Å². The number of nitrogens with zero attached hydrogens (tertiary/aromatic N) is 1. The Bertz CT molecular complexity index is 1060. The first-order valence-electron chi connectivity index (χ1n) is 6.79. The van der Waals surface area contributed by atoms with Crippen molar-refractivity contribution in [2.24, 2.45) is 0 Å². The van der Waals surface area contributed by atoms with E-state index in [1.165, 1.54) is 0 Å². The summed E-state index contributed by atoms with van der Waals surface area (Å²) in [6.45, 7) is 0. The van der Waals surface area contributed by atoms with Gasteiger partial charge in [0.1, 0.15) is 11.2 Å². The van der Waals surface area contributed by atoms with Crippen molar-refractivity contribution < 1.29 is 4.42 Å². The van der Waals surface area contributed by atoms with Crippen molar-refractivity contribution in [2.45, 2.75) is 0 Å². The maximum atomic E-state index is 12.7. The molecule has 0 atom stereocenters. The van der Waals surface area contributed by atoms with Crippen LogP contribution in [0.2, 0.25) is 0 Å². The summed E-state index contributed by atoms with van der Waals surface area (Å²) < 4.78 is 6.70. The Morgan fingerprint density at radius 3 is 2.27 bits per heavy atom. The Morgan fingerprint density at radius 1 is 0.818 bits per heavy atom. The zero-order valence-electron chi connectivity index (χ0n) is 11.4. The van der Waals surface area contributed by atoms with Crippen molar-refractivity contribution in [3.63, 3.8) is 0 Å². The van der Waals surface area contributed by atoms with E-state index in [0.717, 1.165) is 15.6 Å². The lowest BCUT2D eigenvalue weighted by atomic mass is 10.0. The summed E-state index contributed by atoms with van der Waals surface area (Å²) >= 11 is 3.39. The maximum absolute atomic E-state index is 12.7. The molecule has 2 aromatic carbocycles. The quantitative estimate of drug-likeness (QED) is 0.464. The van der Waals surface area contributed by atoms with Gasteiger partial charge in [-0.15, -0.1) is 0 Å². The number of fused-ring (bicyclic) bond motifs is 2. The normalized spacial score (nSPS) is 11.1. The fraction of sp³-hybridized carbons (Fsp3) is 0. The van der Waals surface area contributed by atoms with Gasteiger partial charge in [0.15, 0.2) is 0 Å². The van der Waals surface area contributed by atoms with E-state index in [4.69, 9.17) is 4.42 Å². The summed E-state index contributed by atoms with van der Waals surface area (Å²) in [7, 11) is 0. The highest BCUT2D eigenvalue weighted by Crippen LogP contribution is 2.26. The number of hydrogen-bond donors (Lipinski definition) is 0. The van der Waals surface area contributed by atoms with Crippen molar-refractivity contribution in [2.75, 3.05) is 0 Å². The Balaban J connectivity index is 2.05. The SMILES string of the molecule is O=c1c2cc(Br)ccc2oc2ccc(-c3ccncc3)cc12. The Hall–Kier alpha value is -2.46. The number of aromatic nitrogens is 1. The van der Waals surface area contributed by atoms with E-state index in [-0.39, 0.29) is 5.43 Å². The van der Waals surface area contributed by atoms with Crippen molar-refractivity contribution in [3.8, 4) is 11.1 Å². The molecule has 4 aromatic rings. The van der Waals surface area contributed by atoms with Crippen LogP contribution in [0.3, 0.4) is 0 Å². The molecular formula is C18H10BrNO2. The molecule has 4 heteroatoms. The van der Waals surface area contributed by atoms with Crippen LogP contribution in [0, 0.1) is 0 Å². The van der Waals surface area contributed by atoms with Gasteiger partial charge in [0.05, 0.1) is 10.8 Å². The van der Waals surface area contributed by atoms with E-state index in [9.17, 15) is 4.79 Å². The van der Waals surface area contributed by atoms with Crippen LogP contribution in [-0.4, -0.2) is 4.98 Å². The van der Waals surface area contributed by atoms with E-state index in [1.54, 1.807) is 24.5 Å². The molecule has 106 valence electrons. The molecule has 2 aromatic heterocycles. The summed E-state index contributed by atoms with van der Waals surface area (Å²) in [6.07, 6.45) is 3.47. The van der Waals surface area contributed by atoms with Gasteiger partial charge < -0.3 is 4.42 Å². The average Bonchev–Trinajstić information content (AvgIpc) is 2.56. The highest BCUT2D eigenvalue weighted by Gasteiger charge is 2.09. The molecule has 0 unspecified atom stereocenters. The molecule has 0 spiro atoms. The van der Waals surface area contributed by atoms with Gasteiger partial charge in [-0.25, -0.2) is 0 Å². The molecule has 0 bridgehead atoms. The van der Waals surface area contributed by atoms with Gasteiger partial charge in [0.2, 0.25) is 5.43 Å². The fourth-order valence-corrected chi connectivity index (χ4v) is 2.91. The van der Waals surface area contributed by atoms with Crippen LogP contribution in [0.4, 0.5) is 0 Å². The van der Waals surface area contributed by atoms with Crippen LogP contribution in [0.25, 0.3) is 33.1 Å². The molecule has 0 saturated heterocycles. The summed E-state index contributed by atoms with van der Waals surface area (Å²) in [5.74, 6) is 0. The first kappa shape index (κ1) is 13.2. The van der Waals surface area contributed by atoms with Crippen LogP contribution in [0.1, 0.15) is 0 Å². The number of benzene rings is 2. The van der Waals surface area contributed by atoms with Gasteiger partial charge in [-0.05, 0) is 53.6 Å². The largest absolute Gasteiger partial charge is 0.456 e. The van der Waals surface area contributed by atoms with Gasteiger partial charge >= 0.3 is 0 Å². The maximum Gasteiger partial charge on any atom is 0.200 e. The van der Waals surface area contributed by atoms with E-state index >= 15 is 0 Å². The smallest absolute Gasteiger partial charge is 0.200 e. The third-order valence-corrected chi connectivity index (χ3v) is 4.14. The summed E-state index contributed by atoms with van der Waals surface area (Å²) in [6, 6.07) is 15.0. The average molecular weight is 352 g/mol. The van der Waals surface area contributed by atoms with E-state index in [1.807, 2.05) is 36.4 Å². The molecule has 2 heterocycles. The molecule has 0 saturated carbocycles. The van der Waals surface area contributed by atoms with Crippen molar-refractivity contribution in [1.82, 2.24) is 4.98 Å². The third-order valence-electron chi connectivity index (χ3n) is 3.64. The number of rotatable bonds is 1. The predicted octanol–water partition coefficient (Wildman–Crippen LogP) is 4.77. The molecule has 4 rings (SSSR count). The number of halogens is 1. The summed E-state index contributed by atoms with van der Waals surface area (Å²) in [5.41, 5.74) is 3.16. The van der Waals surface area contributed by atoms with Crippen LogP contribution < -0.4 is 5.43 Å². The van der Waals surface area contributed by atoms with E-state index < -0.39 is 0 Å². The number of hydrogen-bond acceptors (Lipinski definition) is 3. The Morgan fingerprint density at radius 2 is 1.50 bits per heavy atom. The predicted molar refractivity (Wildman–Crippen MR) is 90.9 cm³/mol. The van der Waals surface area contributed by atoms with Gasteiger partial charge in [-0.2, -0.15) is 0 Å². The first-order valence-corrected chi connectivity index (χ1v) is 7.58. The molecular weight excluding hydrogens is 342 g/mol. The molecule has 0 radical (unpaired) electrons. The first-order chi connectivity index (χ1) is 10.7. The fourth-order valence-electron chi connectivity index (χ4n) is 2.55. The Kier molecular flexibility index (Phi) is 3.05. The van der Waals surface area contributed by atoms with Crippen molar-refractivity contribution in [1.29, 1.82) is 0 Å². The lowest BCUT2D eigenvalue weighted by molar-refractivity contribution is 0.660. The summed E-state index contributed by atoms with van der Waals surface area (Å²) in [5, 5.41) is 1.16. The van der Waals surface area contributed by atoms with Gasteiger partial charge in [0.25, 0.3) is 0 Å². The molecule has 0 aliphatic carbocycles. The van der Waals surface area contributed by atoms with Crippen LogP contribution >= 0.6 is 15.9 Å². The second-order valence-electron chi connectivity index (χ2n) is 5.02. The van der Waals surface area contributed by atoms with Crippen LogP contribution in [0.15, 0.2) is 74.6 Å². The topological polar surface area (TPSA) is 43.1 Å². The van der Waals surface area contributed by atoms with E-state index in [0.29, 0.717) is 21.9 Å². The molecule has 0 aliphatic rings. The zero-order valence-corrected chi connectivity index (χ0v) is 13.0. The highest BCUT2D eigenvalue weighted by molar-refractivity contribution is 9.10. The van der Waals surface area contributed by atoms with Gasteiger partial charge in [-0.1, -0.05) is 22.0 Å². The minimum atomic E-state index is -0.0199. The molecule has 22 heavy (non-hydrogen) atoms. The zero-order chi connectivity index (χ0) is 15.1. The molecule has 0 fully saturated rings. The van der Waals surface area contributed by atoms with Gasteiger partial charge in [0, 0.05) is 16.9 Å². The second kappa shape index (κ2) is 5.07. The molecule has 3 nitrogen and oxygen atoms in total. The van der Waals surface area contributed by atoms with Crippen molar-refractivity contribution in [3.05, 3.63) is 75.6 Å². The lowest BCUT2D eigenvalue weighted by Crippen LogP contribution is -2.02. The highest BCUT2D eigenvalue weighted by atomic mass is 79.9. The molecule has 0 amide bonds. The molecule has 0 aliphatic heterocycles. The third kappa shape index (κ3) is 2.12. The minimum Gasteiger partial charge on any atom is -0.456 e.